The minimum Gasteiger partial charge on any atom is -0.493 e. The normalized spacial score (nSPS) is 10.3. The number of benzene rings is 2. The third-order valence-corrected chi connectivity index (χ3v) is 4.25. The van der Waals surface area contributed by atoms with Gasteiger partial charge in [0, 0.05) is 6.54 Å². The summed E-state index contributed by atoms with van der Waals surface area (Å²) in [5.41, 5.74) is 0.344. The van der Waals surface area contributed by atoms with Crippen LogP contribution in [0.2, 0.25) is 10.0 Å². The molecule has 0 heterocycles. The molecule has 0 saturated carbocycles. The Bertz CT molecular complexity index is 733. The van der Waals surface area contributed by atoms with E-state index >= 15 is 0 Å². The van der Waals surface area contributed by atoms with Crippen LogP contribution in [0.3, 0.4) is 0 Å². The maximum atomic E-state index is 12.3. The monoisotopic (exact) mass is 394 g/mol. The van der Waals surface area contributed by atoms with Crippen LogP contribution in [0, 0.1) is 0 Å². The summed E-state index contributed by atoms with van der Waals surface area (Å²) in [4.78, 5) is 26.0. The molecule has 0 aliphatic carbocycles. The SMILES string of the molecule is CCN(CC(=O)Nc1c(Cl)cccc1Cl)C(=O)CCOc1ccccc1. The smallest absolute Gasteiger partial charge is 0.244 e. The van der Waals surface area contributed by atoms with Crippen molar-refractivity contribution in [3.05, 3.63) is 58.6 Å². The third kappa shape index (κ3) is 5.93. The fourth-order valence-electron chi connectivity index (χ4n) is 2.28. The number of carbonyl (C=O) groups excluding carboxylic acids is 2. The first kappa shape index (κ1) is 20.1. The Hall–Kier alpha value is -2.24. The Labute approximate surface area is 162 Å². The van der Waals surface area contributed by atoms with E-state index in [0.717, 1.165) is 0 Å². The van der Waals surface area contributed by atoms with E-state index in [1.807, 2.05) is 37.3 Å². The van der Waals surface area contributed by atoms with Gasteiger partial charge in [0.1, 0.15) is 5.75 Å². The number of rotatable bonds is 8. The van der Waals surface area contributed by atoms with Crippen LogP contribution in [-0.4, -0.2) is 36.4 Å². The Morgan fingerprint density at radius 2 is 1.69 bits per heavy atom. The lowest BCUT2D eigenvalue weighted by atomic mass is 10.3. The van der Waals surface area contributed by atoms with Gasteiger partial charge in [-0.2, -0.15) is 0 Å². The van der Waals surface area contributed by atoms with Gasteiger partial charge in [0.15, 0.2) is 0 Å². The lowest BCUT2D eigenvalue weighted by molar-refractivity contribution is -0.134. The zero-order valence-electron chi connectivity index (χ0n) is 14.4. The average molecular weight is 395 g/mol. The maximum Gasteiger partial charge on any atom is 0.244 e. The first-order valence-electron chi connectivity index (χ1n) is 8.20. The van der Waals surface area contributed by atoms with Crippen molar-refractivity contribution in [3.8, 4) is 5.75 Å². The van der Waals surface area contributed by atoms with E-state index in [9.17, 15) is 9.59 Å². The third-order valence-electron chi connectivity index (χ3n) is 3.62. The van der Waals surface area contributed by atoms with Crippen LogP contribution in [0.25, 0.3) is 0 Å². The Balaban J connectivity index is 1.85. The molecule has 0 unspecified atom stereocenters. The van der Waals surface area contributed by atoms with Gasteiger partial charge in [0.25, 0.3) is 0 Å². The molecule has 138 valence electrons. The summed E-state index contributed by atoms with van der Waals surface area (Å²) in [6.07, 6.45) is 0.183. The fraction of sp³-hybridized carbons (Fsp3) is 0.263. The molecule has 0 atom stereocenters. The molecule has 0 saturated heterocycles. The first-order chi connectivity index (χ1) is 12.5. The van der Waals surface area contributed by atoms with E-state index in [1.165, 1.54) is 4.90 Å². The maximum absolute atomic E-state index is 12.3. The Kier molecular flexibility index (Phi) is 7.75. The standard InChI is InChI=1S/C19H20Cl2N2O3/c1-2-23(18(25)11-12-26-14-7-4-3-5-8-14)13-17(24)22-19-15(20)9-6-10-16(19)21/h3-10H,2,11-13H2,1H3,(H,22,24). The summed E-state index contributed by atoms with van der Waals surface area (Å²) in [6, 6.07) is 14.2. The molecule has 5 nitrogen and oxygen atoms in total. The highest BCUT2D eigenvalue weighted by Crippen LogP contribution is 2.29. The topological polar surface area (TPSA) is 58.6 Å². The van der Waals surface area contributed by atoms with Crippen molar-refractivity contribution < 1.29 is 14.3 Å². The summed E-state index contributed by atoms with van der Waals surface area (Å²) < 4.78 is 5.52. The quantitative estimate of drug-likeness (QED) is 0.727. The number of hydrogen-bond donors (Lipinski definition) is 1. The number of nitrogens with zero attached hydrogens (tertiary/aromatic N) is 1. The number of halogens is 2. The van der Waals surface area contributed by atoms with Crippen LogP contribution in [-0.2, 0) is 9.59 Å². The molecule has 0 aliphatic rings. The van der Waals surface area contributed by atoms with Gasteiger partial charge in [-0.3, -0.25) is 9.59 Å². The van der Waals surface area contributed by atoms with E-state index in [4.69, 9.17) is 27.9 Å². The molecule has 0 fully saturated rings. The molecule has 0 radical (unpaired) electrons. The summed E-state index contributed by atoms with van der Waals surface area (Å²) in [7, 11) is 0. The molecule has 0 aliphatic heterocycles. The van der Waals surface area contributed by atoms with Crippen molar-refractivity contribution in [3.63, 3.8) is 0 Å². The zero-order chi connectivity index (χ0) is 18.9. The zero-order valence-corrected chi connectivity index (χ0v) is 15.9. The highest BCUT2D eigenvalue weighted by atomic mass is 35.5. The van der Waals surface area contributed by atoms with Crippen molar-refractivity contribution in [2.75, 3.05) is 25.0 Å². The first-order valence-corrected chi connectivity index (χ1v) is 8.96. The molecule has 0 aromatic heterocycles. The highest BCUT2D eigenvalue weighted by molar-refractivity contribution is 6.39. The number of hydrogen-bond acceptors (Lipinski definition) is 3. The number of para-hydroxylation sites is 2. The number of ether oxygens (including phenoxy) is 1. The van der Waals surface area contributed by atoms with Crippen molar-refractivity contribution in [2.24, 2.45) is 0 Å². The molecule has 2 aromatic rings. The lowest BCUT2D eigenvalue weighted by Crippen LogP contribution is -2.38. The van der Waals surface area contributed by atoms with Gasteiger partial charge >= 0.3 is 0 Å². The van der Waals surface area contributed by atoms with E-state index < -0.39 is 0 Å². The molecule has 2 rings (SSSR count). The molecular weight excluding hydrogens is 375 g/mol. The second kappa shape index (κ2) is 10.0. The number of nitrogens with one attached hydrogen (secondary N) is 1. The van der Waals surface area contributed by atoms with Crippen LogP contribution in [0.4, 0.5) is 5.69 Å². The molecule has 26 heavy (non-hydrogen) atoms. The minimum atomic E-state index is -0.362. The Morgan fingerprint density at radius 1 is 1.04 bits per heavy atom. The van der Waals surface area contributed by atoms with Crippen molar-refractivity contribution in [1.29, 1.82) is 0 Å². The van der Waals surface area contributed by atoms with E-state index in [-0.39, 0.29) is 31.4 Å². The van der Waals surface area contributed by atoms with Crippen LogP contribution < -0.4 is 10.1 Å². The summed E-state index contributed by atoms with van der Waals surface area (Å²) in [5.74, 6) is 0.178. The number of anilines is 1. The van der Waals surface area contributed by atoms with Crippen LogP contribution in [0.1, 0.15) is 13.3 Å². The lowest BCUT2D eigenvalue weighted by Gasteiger charge is -2.21. The summed E-state index contributed by atoms with van der Waals surface area (Å²) in [6.45, 7) is 2.39. The van der Waals surface area contributed by atoms with Crippen LogP contribution >= 0.6 is 23.2 Å². The molecule has 1 N–H and O–H groups in total. The van der Waals surface area contributed by atoms with E-state index in [2.05, 4.69) is 5.32 Å². The fourth-order valence-corrected chi connectivity index (χ4v) is 2.77. The number of likely N-dealkylation sites (N-methyl/N-ethyl adjacent to an activating group) is 1. The van der Waals surface area contributed by atoms with Crippen LogP contribution in [0.15, 0.2) is 48.5 Å². The van der Waals surface area contributed by atoms with Crippen molar-refractivity contribution in [2.45, 2.75) is 13.3 Å². The summed E-state index contributed by atoms with van der Waals surface area (Å²) in [5, 5.41) is 3.34. The van der Waals surface area contributed by atoms with E-state index in [0.29, 0.717) is 28.0 Å². The van der Waals surface area contributed by atoms with Crippen LogP contribution in [0.5, 0.6) is 5.75 Å². The van der Waals surface area contributed by atoms with Gasteiger partial charge in [0.2, 0.25) is 11.8 Å². The van der Waals surface area contributed by atoms with Crippen molar-refractivity contribution >= 4 is 40.7 Å². The summed E-state index contributed by atoms with van der Waals surface area (Å²) >= 11 is 12.1. The van der Waals surface area contributed by atoms with Crippen molar-refractivity contribution in [1.82, 2.24) is 4.90 Å². The van der Waals surface area contributed by atoms with Gasteiger partial charge in [-0.05, 0) is 31.2 Å². The molecule has 0 spiro atoms. The molecule has 2 amide bonds. The predicted octanol–water partition coefficient (Wildman–Crippen LogP) is 4.25. The van der Waals surface area contributed by atoms with Gasteiger partial charge in [0.05, 0.1) is 35.3 Å². The molecule has 0 bridgehead atoms. The van der Waals surface area contributed by atoms with Gasteiger partial charge in [-0.1, -0.05) is 47.5 Å². The molecular formula is C19H20Cl2N2O3. The van der Waals surface area contributed by atoms with Gasteiger partial charge in [-0.25, -0.2) is 0 Å². The van der Waals surface area contributed by atoms with Gasteiger partial charge < -0.3 is 15.0 Å². The molecule has 7 heteroatoms. The highest BCUT2D eigenvalue weighted by Gasteiger charge is 2.17. The largest absolute Gasteiger partial charge is 0.493 e. The minimum absolute atomic E-state index is 0.0811. The average Bonchev–Trinajstić information content (AvgIpc) is 2.63. The second-order valence-corrected chi connectivity index (χ2v) is 6.28. The number of amides is 2. The second-order valence-electron chi connectivity index (χ2n) is 5.46. The predicted molar refractivity (Wildman–Crippen MR) is 104 cm³/mol. The Morgan fingerprint density at radius 3 is 2.31 bits per heavy atom. The van der Waals surface area contributed by atoms with E-state index in [1.54, 1.807) is 18.2 Å². The molecule has 2 aromatic carbocycles. The van der Waals surface area contributed by atoms with Gasteiger partial charge in [-0.15, -0.1) is 0 Å². The number of carbonyl (C=O) groups is 2.